The number of amides is 1. The van der Waals surface area contributed by atoms with Crippen molar-refractivity contribution in [2.45, 2.75) is 12.8 Å². The van der Waals surface area contributed by atoms with Crippen LogP contribution < -0.4 is 14.8 Å². The van der Waals surface area contributed by atoms with E-state index < -0.39 is 26.1 Å². The second-order valence-corrected chi connectivity index (χ2v) is 8.38. The maximum Gasteiger partial charge on any atom is 0.280 e. The Bertz CT molecular complexity index is 1540. The molecule has 4 aromatic rings. The summed E-state index contributed by atoms with van der Waals surface area (Å²) in [6.45, 7) is 0. The molecule has 4 rings (SSSR count). The molecule has 13 heteroatoms. The van der Waals surface area contributed by atoms with Crippen molar-refractivity contribution in [1.82, 2.24) is 0 Å². The fraction of sp³-hybridized carbons (Fsp3) is 0.0741. The van der Waals surface area contributed by atoms with Gasteiger partial charge in [-0.1, -0.05) is 30.3 Å². The van der Waals surface area contributed by atoms with Crippen molar-refractivity contribution in [2.75, 3.05) is 5.32 Å². The molecule has 0 saturated heterocycles. The van der Waals surface area contributed by atoms with Crippen molar-refractivity contribution in [1.29, 1.82) is 0 Å². The van der Waals surface area contributed by atoms with Gasteiger partial charge in [0.05, 0.1) is 44.7 Å². The molecule has 0 aliphatic carbocycles. The Morgan fingerprint density at radius 3 is 1.68 bits per heavy atom. The molecule has 0 aliphatic rings. The fourth-order valence-electron chi connectivity index (χ4n) is 3.62. The van der Waals surface area contributed by atoms with Gasteiger partial charge in [-0.05, 0) is 36.2 Å². The summed E-state index contributed by atoms with van der Waals surface area (Å²) < 4.78 is 11.2. The Balaban J connectivity index is 1.38. The lowest BCUT2D eigenvalue weighted by molar-refractivity contribution is -0.394. The number of hydrogen-bond acceptors (Lipinski definition) is 9. The summed E-state index contributed by atoms with van der Waals surface area (Å²) >= 11 is 0. The summed E-state index contributed by atoms with van der Waals surface area (Å²) in [4.78, 5) is 44.0. The number of nitrogens with zero attached hydrogens (tertiary/aromatic N) is 3. The van der Waals surface area contributed by atoms with E-state index in [1.54, 1.807) is 54.6 Å². The van der Waals surface area contributed by atoms with Crippen LogP contribution in [0.3, 0.4) is 0 Å². The summed E-state index contributed by atoms with van der Waals surface area (Å²) in [5, 5.41) is 36.1. The third-order valence-electron chi connectivity index (χ3n) is 5.46. The minimum Gasteiger partial charge on any atom is -0.457 e. The van der Waals surface area contributed by atoms with Crippen LogP contribution in [0.15, 0.2) is 91.0 Å². The number of benzene rings is 4. The molecular formula is C27H20N4O9. The minimum atomic E-state index is -0.751. The number of rotatable bonds is 11. The predicted octanol–water partition coefficient (Wildman–Crippen LogP) is 6.57. The van der Waals surface area contributed by atoms with Gasteiger partial charge in [-0.3, -0.25) is 35.1 Å². The smallest absolute Gasteiger partial charge is 0.280 e. The molecule has 40 heavy (non-hydrogen) atoms. The molecule has 202 valence electrons. The molecule has 0 fully saturated rings. The van der Waals surface area contributed by atoms with E-state index >= 15 is 0 Å². The van der Waals surface area contributed by atoms with Crippen LogP contribution in [0.25, 0.3) is 0 Å². The molecule has 0 bridgehead atoms. The number of nitro groups is 3. The number of hydrogen-bond donors (Lipinski definition) is 1. The first-order valence-electron chi connectivity index (χ1n) is 11.7. The van der Waals surface area contributed by atoms with E-state index in [9.17, 15) is 35.1 Å². The maximum atomic E-state index is 12.6. The average molecular weight is 544 g/mol. The number of nitrogens with one attached hydrogen (secondary N) is 1. The highest BCUT2D eigenvalue weighted by Gasteiger charge is 2.18. The molecule has 13 nitrogen and oxygen atoms in total. The van der Waals surface area contributed by atoms with Crippen LogP contribution in [0.2, 0.25) is 0 Å². The molecule has 0 aliphatic heterocycles. The first-order chi connectivity index (χ1) is 19.2. The average Bonchev–Trinajstić information content (AvgIpc) is 2.93. The third kappa shape index (κ3) is 7.35. The van der Waals surface area contributed by atoms with E-state index in [1.165, 1.54) is 18.2 Å². The molecule has 4 aromatic carbocycles. The van der Waals surface area contributed by atoms with E-state index in [2.05, 4.69) is 5.32 Å². The molecular weight excluding hydrogens is 524 g/mol. The molecule has 0 aromatic heterocycles. The van der Waals surface area contributed by atoms with Crippen LogP contribution in [-0.4, -0.2) is 20.7 Å². The molecule has 0 saturated carbocycles. The molecule has 0 heterocycles. The number of nitro benzene ring substituents is 3. The second-order valence-electron chi connectivity index (χ2n) is 8.38. The quantitative estimate of drug-likeness (QED) is 0.161. The Hall–Kier alpha value is -5.85. The van der Waals surface area contributed by atoms with Gasteiger partial charge in [0.1, 0.15) is 23.0 Å². The van der Waals surface area contributed by atoms with Crippen LogP contribution in [0.4, 0.5) is 22.7 Å². The largest absolute Gasteiger partial charge is 0.457 e. The summed E-state index contributed by atoms with van der Waals surface area (Å²) in [6.07, 6.45) is 0.394. The van der Waals surface area contributed by atoms with Crippen LogP contribution >= 0.6 is 0 Å². The Labute approximate surface area is 226 Å². The van der Waals surface area contributed by atoms with Gasteiger partial charge in [0.15, 0.2) is 0 Å². The highest BCUT2D eigenvalue weighted by Crippen LogP contribution is 2.32. The number of ether oxygens (including phenoxy) is 2. The molecule has 0 unspecified atom stereocenters. The summed E-state index contributed by atoms with van der Waals surface area (Å²) in [5.41, 5.74) is -0.225. The molecule has 1 N–H and O–H groups in total. The normalized spacial score (nSPS) is 10.4. The van der Waals surface area contributed by atoms with Gasteiger partial charge < -0.3 is 14.8 Å². The van der Waals surface area contributed by atoms with Gasteiger partial charge in [-0.25, -0.2) is 0 Å². The highest BCUT2D eigenvalue weighted by molar-refractivity contribution is 5.91. The Morgan fingerprint density at radius 2 is 1.12 bits per heavy atom. The summed E-state index contributed by atoms with van der Waals surface area (Å²) in [7, 11) is 0. The SMILES string of the molecule is O=C(CCc1ccc(Oc2cc([N+](=O)[O-])cc([N+](=O)[O-])c2)cc1)Nc1cc(Oc2ccccc2)cc([N+](=O)[O-])c1. The Morgan fingerprint density at radius 1 is 0.625 bits per heavy atom. The van der Waals surface area contributed by atoms with Crippen molar-refractivity contribution in [3.05, 3.63) is 127 Å². The zero-order chi connectivity index (χ0) is 28.6. The number of aryl methyl sites for hydroxylation is 1. The molecule has 1 amide bonds. The van der Waals surface area contributed by atoms with Crippen molar-refractivity contribution in [3.63, 3.8) is 0 Å². The second kappa shape index (κ2) is 12.1. The van der Waals surface area contributed by atoms with Crippen LogP contribution in [0.5, 0.6) is 23.0 Å². The van der Waals surface area contributed by atoms with E-state index in [0.29, 0.717) is 12.2 Å². The van der Waals surface area contributed by atoms with Crippen molar-refractivity contribution < 1.29 is 29.0 Å². The van der Waals surface area contributed by atoms with Crippen LogP contribution in [0.1, 0.15) is 12.0 Å². The van der Waals surface area contributed by atoms with Crippen molar-refractivity contribution in [2.24, 2.45) is 0 Å². The number of non-ortho nitro benzene ring substituents is 3. The van der Waals surface area contributed by atoms with E-state index in [1.807, 2.05) is 0 Å². The maximum absolute atomic E-state index is 12.6. The third-order valence-corrected chi connectivity index (χ3v) is 5.46. The van der Waals surface area contributed by atoms with Crippen LogP contribution in [-0.2, 0) is 11.2 Å². The van der Waals surface area contributed by atoms with Gasteiger partial charge in [0, 0.05) is 18.6 Å². The number of carbonyl (C=O) groups is 1. The van der Waals surface area contributed by atoms with Crippen molar-refractivity contribution >= 4 is 28.7 Å². The number of para-hydroxylation sites is 1. The first kappa shape index (κ1) is 27.2. The lowest BCUT2D eigenvalue weighted by Gasteiger charge is -2.10. The Kier molecular flexibility index (Phi) is 8.25. The van der Waals surface area contributed by atoms with Gasteiger partial charge in [-0.2, -0.15) is 0 Å². The van der Waals surface area contributed by atoms with Gasteiger partial charge in [0.25, 0.3) is 17.1 Å². The molecule has 0 spiro atoms. The standard InChI is InChI=1S/C27H20N4O9/c32-27(28-19-12-20(29(33)34)15-25(13-19)39-23-4-2-1-3-5-23)11-8-18-6-9-24(10-7-18)40-26-16-21(30(35)36)14-22(17-26)31(37)38/h1-7,9-10,12-17H,8,11H2,(H,28,32). The number of carbonyl (C=O) groups excluding carboxylic acids is 1. The monoisotopic (exact) mass is 544 g/mol. The van der Waals surface area contributed by atoms with E-state index in [4.69, 9.17) is 9.47 Å². The molecule has 0 radical (unpaired) electrons. The summed E-state index contributed by atoms with van der Waals surface area (Å²) in [5.74, 6) is 0.512. The van der Waals surface area contributed by atoms with Gasteiger partial charge in [-0.15, -0.1) is 0 Å². The van der Waals surface area contributed by atoms with E-state index in [-0.39, 0.29) is 41.0 Å². The predicted molar refractivity (Wildman–Crippen MR) is 143 cm³/mol. The lowest BCUT2D eigenvalue weighted by atomic mass is 10.1. The van der Waals surface area contributed by atoms with E-state index in [0.717, 1.165) is 23.8 Å². The lowest BCUT2D eigenvalue weighted by Crippen LogP contribution is -2.12. The summed E-state index contributed by atoms with van der Waals surface area (Å²) in [6, 6.07) is 22.2. The van der Waals surface area contributed by atoms with Gasteiger partial charge >= 0.3 is 0 Å². The van der Waals surface area contributed by atoms with Crippen LogP contribution in [0, 0.1) is 30.3 Å². The minimum absolute atomic E-state index is 0.0643. The zero-order valence-corrected chi connectivity index (χ0v) is 20.6. The zero-order valence-electron chi connectivity index (χ0n) is 20.6. The topological polar surface area (TPSA) is 177 Å². The van der Waals surface area contributed by atoms with Crippen molar-refractivity contribution in [3.8, 4) is 23.0 Å². The highest BCUT2D eigenvalue weighted by atomic mass is 16.6. The molecule has 0 atom stereocenters. The number of anilines is 1. The van der Waals surface area contributed by atoms with Gasteiger partial charge in [0.2, 0.25) is 5.91 Å². The first-order valence-corrected chi connectivity index (χ1v) is 11.7. The fourth-order valence-corrected chi connectivity index (χ4v) is 3.62.